The molecule has 0 atom stereocenters. The van der Waals surface area contributed by atoms with Crippen LogP contribution in [0.3, 0.4) is 0 Å². The Morgan fingerprint density at radius 3 is 2.70 bits per heavy atom. The average Bonchev–Trinajstić information content (AvgIpc) is 3.13. The van der Waals surface area contributed by atoms with Gasteiger partial charge in [0.2, 0.25) is 0 Å². The first-order valence-electron chi connectivity index (χ1n) is 10.4. The molecule has 30 heavy (non-hydrogen) atoms. The van der Waals surface area contributed by atoms with Crippen LogP contribution in [0.15, 0.2) is 41.0 Å². The standard InChI is InChI=1S/C24H26BrNO4/c1-15-21(29-14-23(27)28)9-10-22(24(15)25)30-18-7-8-20-19(12-18)17(13-26-20)11-16-5-3-2-4-6-16/h7-10,12-13,16,26H,2-6,11,14H2,1H3,(H,27,28). The molecule has 2 aromatic carbocycles. The van der Waals surface area contributed by atoms with E-state index in [2.05, 4.69) is 39.2 Å². The van der Waals surface area contributed by atoms with Crippen molar-refractivity contribution in [3.63, 3.8) is 0 Å². The smallest absolute Gasteiger partial charge is 0.341 e. The first kappa shape index (κ1) is 20.8. The quantitative estimate of drug-likeness (QED) is 0.406. The van der Waals surface area contributed by atoms with Gasteiger partial charge in [0.15, 0.2) is 6.61 Å². The van der Waals surface area contributed by atoms with Gasteiger partial charge >= 0.3 is 5.97 Å². The Morgan fingerprint density at radius 2 is 1.93 bits per heavy atom. The summed E-state index contributed by atoms with van der Waals surface area (Å²) >= 11 is 3.56. The molecule has 0 bridgehead atoms. The molecule has 5 nitrogen and oxygen atoms in total. The second kappa shape index (κ2) is 9.13. The van der Waals surface area contributed by atoms with E-state index in [0.29, 0.717) is 11.5 Å². The number of nitrogens with one attached hydrogen (secondary N) is 1. The van der Waals surface area contributed by atoms with Gasteiger partial charge in [0.1, 0.15) is 17.2 Å². The van der Waals surface area contributed by atoms with Crippen molar-refractivity contribution in [1.29, 1.82) is 0 Å². The predicted molar refractivity (Wildman–Crippen MR) is 121 cm³/mol. The van der Waals surface area contributed by atoms with Gasteiger partial charge < -0.3 is 19.6 Å². The van der Waals surface area contributed by atoms with Gasteiger partial charge in [-0.25, -0.2) is 4.79 Å². The fourth-order valence-electron chi connectivity index (χ4n) is 4.24. The van der Waals surface area contributed by atoms with E-state index in [0.717, 1.165) is 33.6 Å². The molecular weight excluding hydrogens is 446 g/mol. The minimum Gasteiger partial charge on any atom is -0.482 e. The number of carbonyl (C=O) groups is 1. The first-order valence-corrected chi connectivity index (χ1v) is 11.2. The topological polar surface area (TPSA) is 71.6 Å². The van der Waals surface area contributed by atoms with E-state index in [1.165, 1.54) is 43.1 Å². The van der Waals surface area contributed by atoms with Crippen molar-refractivity contribution >= 4 is 32.8 Å². The Kier molecular flexibility index (Phi) is 6.32. The van der Waals surface area contributed by atoms with Crippen molar-refractivity contribution in [3.8, 4) is 17.2 Å². The number of carboxylic acid groups (broad SMARTS) is 1. The van der Waals surface area contributed by atoms with Crippen molar-refractivity contribution in [1.82, 2.24) is 4.98 Å². The maximum Gasteiger partial charge on any atom is 0.341 e. The molecule has 1 saturated carbocycles. The number of hydrogen-bond acceptors (Lipinski definition) is 3. The van der Waals surface area contributed by atoms with Crippen LogP contribution in [0, 0.1) is 12.8 Å². The highest BCUT2D eigenvalue weighted by Crippen LogP contribution is 2.38. The van der Waals surface area contributed by atoms with Crippen molar-refractivity contribution in [2.45, 2.75) is 45.4 Å². The van der Waals surface area contributed by atoms with Crippen LogP contribution < -0.4 is 9.47 Å². The number of carboxylic acids is 1. The van der Waals surface area contributed by atoms with Crippen molar-refractivity contribution < 1.29 is 19.4 Å². The highest BCUT2D eigenvalue weighted by molar-refractivity contribution is 9.10. The third-order valence-electron chi connectivity index (χ3n) is 5.85. The molecule has 2 N–H and O–H groups in total. The lowest BCUT2D eigenvalue weighted by atomic mass is 9.85. The summed E-state index contributed by atoms with van der Waals surface area (Å²) in [6, 6.07) is 9.64. The van der Waals surface area contributed by atoms with E-state index < -0.39 is 5.97 Å². The van der Waals surface area contributed by atoms with Gasteiger partial charge in [0.05, 0.1) is 4.47 Å². The number of hydrogen-bond donors (Lipinski definition) is 2. The molecule has 0 spiro atoms. The summed E-state index contributed by atoms with van der Waals surface area (Å²) in [6.07, 6.45) is 9.97. The van der Waals surface area contributed by atoms with Crippen LogP contribution in [0.5, 0.6) is 17.2 Å². The third kappa shape index (κ3) is 4.64. The predicted octanol–water partition coefficient (Wildman–Crippen LogP) is 6.62. The fraction of sp³-hybridized carbons (Fsp3) is 0.375. The van der Waals surface area contributed by atoms with Crippen LogP contribution in [-0.2, 0) is 11.2 Å². The molecule has 0 aliphatic heterocycles. The molecular formula is C24H26BrNO4. The van der Waals surface area contributed by atoms with E-state index in [1.54, 1.807) is 12.1 Å². The molecule has 3 aromatic rings. The number of ether oxygens (including phenoxy) is 2. The molecule has 1 heterocycles. The lowest BCUT2D eigenvalue weighted by molar-refractivity contribution is -0.139. The summed E-state index contributed by atoms with van der Waals surface area (Å²) in [5.74, 6) is 1.73. The summed E-state index contributed by atoms with van der Waals surface area (Å²) in [5.41, 5.74) is 3.28. The highest BCUT2D eigenvalue weighted by Gasteiger charge is 2.17. The Morgan fingerprint density at radius 1 is 1.17 bits per heavy atom. The first-order chi connectivity index (χ1) is 14.5. The summed E-state index contributed by atoms with van der Waals surface area (Å²) in [5, 5.41) is 10.0. The largest absolute Gasteiger partial charge is 0.482 e. The molecule has 1 aliphatic rings. The minimum atomic E-state index is -1.00. The SMILES string of the molecule is Cc1c(OCC(=O)O)ccc(Oc2ccc3[nH]cc(CC4CCCCC4)c3c2)c1Br. The maximum absolute atomic E-state index is 10.8. The number of halogens is 1. The van der Waals surface area contributed by atoms with Crippen LogP contribution in [0.4, 0.5) is 0 Å². The Hall–Kier alpha value is -2.47. The van der Waals surface area contributed by atoms with Crippen molar-refractivity contribution in [3.05, 3.63) is 52.1 Å². The Balaban J connectivity index is 1.54. The molecule has 0 saturated heterocycles. The zero-order valence-corrected chi connectivity index (χ0v) is 18.6. The number of aromatic nitrogens is 1. The van der Waals surface area contributed by atoms with Crippen LogP contribution in [0.2, 0.25) is 0 Å². The number of rotatable bonds is 7. The summed E-state index contributed by atoms with van der Waals surface area (Å²) in [4.78, 5) is 14.1. The summed E-state index contributed by atoms with van der Waals surface area (Å²) in [7, 11) is 0. The van der Waals surface area contributed by atoms with Gasteiger partial charge in [-0.3, -0.25) is 0 Å². The molecule has 158 valence electrons. The molecule has 1 aromatic heterocycles. The van der Waals surface area contributed by atoms with E-state index in [4.69, 9.17) is 14.6 Å². The highest BCUT2D eigenvalue weighted by atomic mass is 79.9. The maximum atomic E-state index is 10.8. The van der Waals surface area contributed by atoms with Gasteiger partial charge in [-0.15, -0.1) is 0 Å². The van der Waals surface area contributed by atoms with E-state index >= 15 is 0 Å². The molecule has 1 fully saturated rings. The zero-order valence-electron chi connectivity index (χ0n) is 17.0. The fourth-order valence-corrected chi connectivity index (χ4v) is 4.64. The molecule has 1 aliphatic carbocycles. The van der Waals surface area contributed by atoms with Crippen LogP contribution in [0.1, 0.15) is 43.2 Å². The molecule has 6 heteroatoms. The lowest BCUT2D eigenvalue weighted by Gasteiger charge is -2.21. The normalized spacial score (nSPS) is 14.7. The van der Waals surface area contributed by atoms with Crippen molar-refractivity contribution in [2.75, 3.05) is 6.61 Å². The Labute approximate surface area is 184 Å². The third-order valence-corrected chi connectivity index (χ3v) is 6.84. The van der Waals surface area contributed by atoms with Gasteiger partial charge in [0.25, 0.3) is 0 Å². The van der Waals surface area contributed by atoms with Crippen molar-refractivity contribution in [2.24, 2.45) is 5.92 Å². The molecule has 0 amide bonds. The van der Waals surface area contributed by atoms with E-state index in [9.17, 15) is 4.79 Å². The number of H-pyrrole nitrogens is 1. The number of fused-ring (bicyclic) bond motifs is 1. The van der Waals surface area contributed by atoms with E-state index in [1.807, 2.05) is 13.0 Å². The van der Waals surface area contributed by atoms with Gasteiger partial charge in [-0.05, 0) is 71.1 Å². The second-order valence-corrected chi connectivity index (χ2v) is 8.81. The van der Waals surface area contributed by atoms with Gasteiger partial charge in [-0.1, -0.05) is 32.1 Å². The van der Waals surface area contributed by atoms with Gasteiger partial charge in [0, 0.05) is 22.7 Å². The number of benzene rings is 2. The minimum absolute atomic E-state index is 0.374. The second-order valence-electron chi connectivity index (χ2n) is 8.01. The van der Waals surface area contributed by atoms with Crippen LogP contribution >= 0.6 is 15.9 Å². The van der Waals surface area contributed by atoms with Gasteiger partial charge in [-0.2, -0.15) is 0 Å². The number of aliphatic carboxylic acids is 1. The Bertz CT molecular complexity index is 1050. The molecule has 0 unspecified atom stereocenters. The summed E-state index contributed by atoms with van der Waals surface area (Å²) < 4.78 is 12.2. The number of aromatic amines is 1. The average molecular weight is 472 g/mol. The molecule has 4 rings (SSSR count). The van der Waals surface area contributed by atoms with E-state index in [-0.39, 0.29) is 6.61 Å². The monoisotopic (exact) mass is 471 g/mol. The van der Waals surface area contributed by atoms with Crippen LogP contribution in [0.25, 0.3) is 10.9 Å². The van der Waals surface area contributed by atoms with Crippen LogP contribution in [-0.4, -0.2) is 22.7 Å². The summed E-state index contributed by atoms with van der Waals surface area (Å²) in [6.45, 7) is 1.49. The molecule has 0 radical (unpaired) electrons. The zero-order chi connectivity index (χ0) is 21.1. The lowest BCUT2D eigenvalue weighted by Crippen LogP contribution is -2.10.